The second-order valence-corrected chi connectivity index (χ2v) is 7.95. The molecule has 1 aliphatic heterocycles. The van der Waals surface area contributed by atoms with Gasteiger partial charge in [0.2, 0.25) is 10.0 Å². The molecule has 1 fully saturated rings. The molecule has 0 spiro atoms. The number of methoxy groups -OCH3 is 1. The van der Waals surface area contributed by atoms with Crippen molar-refractivity contribution in [2.24, 2.45) is 0 Å². The molecule has 1 aliphatic rings. The Bertz CT molecular complexity index is 665. The summed E-state index contributed by atoms with van der Waals surface area (Å²) >= 11 is 0. The fourth-order valence-corrected chi connectivity index (χ4v) is 4.58. The van der Waals surface area contributed by atoms with Gasteiger partial charge in [-0.15, -0.1) is 0 Å². The van der Waals surface area contributed by atoms with Crippen LogP contribution in [0.25, 0.3) is 0 Å². The van der Waals surface area contributed by atoms with Crippen LogP contribution in [0, 0.1) is 6.92 Å². The van der Waals surface area contributed by atoms with E-state index in [-0.39, 0.29) is 10.8 Å². The Balaban J connectivity index is 2.25. The fraction of sp³-hybridized carbons (Fsp3) is 0.588. The highest BCUT2D eigenvalue weighted by Gasteiger charge is 2.27. The number of carbonyl (C=O) groups is 1. The first-order chi connectivity index (χ1) is 11.5. The zero-order valence-corrected chi connectivity index (χ0v) is 15.2. The number of benzene rings is 1. The van der Waals surface area contributed by atoms with Crippen molar-refractivity contribution < 1.29 is 17.9 Å². The molecule has 2 rings (SSSR count). The maximum Gasteiger partial charge on any atom is 0.251 e. The summed E-state index contributed by atoms with van der Waals surface area (Å²) in [5.41, 5.74) is 1.01. The van der Waals surface area contributed by atoms with Crippen LogP contribution in [0.2, 0.25) is 0 Å². The monoisotopic (exact) mass is 354 g/mol. The molecular formula is C17H26N2O4S. The van der Waals surface area contributed by atoms with E-state index in [9.17, 15) is 13.2 Å². The Morgan fingerprint density at radius 1 is 1.21 bits per heavy atom. The highest BCUT2D eigenvalue weighted by Crippen LogP contribution is 2.24. The maximum atomic E-state index is 13.0. The van der Waals surface area contributed by atoms with Crippen LogP contribution in [0.4, 0.5) is 0 Å². The summed E-state index contributed by atoms with van der Waals surface area (Å²) in [6.45, 7) is 3.66. The Kier molecular flexibility index (Phi) is 6.77. The summed E-state index contributed by atoms with van der Waals surface area (Å²) in [6, 6.07) is 4.83. The Morgan fingerprint density at radius 2 is 1.88 bits per heavy atom. The molecule has 1 heterocycles. The number of ether oxygens (including phenoxy) is 1. The van der Waals surface area contributed by atoms with Crippen molar-refractivity contribution in [3.8, 4) is 0 Å². The minimum Gasteiger partial charge on any atom is -0.383 e. The van der Waals surface area contributed by atoms with Crippen LogP contribution in [0.15, 0.2) is 23.1 Å². The number of carbonyl (C=O) groups excluding carboxylic acids is 1. The SMILES string of the molecule is COCCNC(=O)c1ccc(C)c(S(=O)(=O)N2CCCCCC2)c1. The molecule has 0 aromatic heterocycles. The third-order valence-electron chi connectivity index (χ3n) is 4.22. The fourth-order valence-electron chi connectivity index (χ4n) is 2.81. The first kappa shape index (κ1) is 18.9. The van der Waals surface area contributed by atoms with Crippen molar-refractivity contribution in [3.05, 3.63) is 29.3 Å². The van der Waals surface area contributed by atoms with Crippen molar-refractivity contribution in [2.75, 3.05) is 33.4 Å². The van der Waals surface area contributed by atoms with Gasteiger partial charge in [0.15, 0.2) is 0 Å². The van der Waals surface area contributed by atoms with Crippen molar-refractivity contribution in [1.29, 1.82) is 0 Å². The van der Waals surface area contributed by atoms with E-state index in [4.69, 9.17) is 4.74 Å². The lowest BCUT2D eigenvalue weighted by Gasteiger charge is -2.21. The molecule has 0 atom stereocenters. The van der Waals surface area contributed by atoms with Gasteiger partial charge in [0.1, 0.15) is 0 Å². The van der Waals surface area contributed by atoms with E-state index in [1.165, 1.54) is 6.07 Å². The second kappa shape index (κ2) is 8.60. The predicted molar refractivity (Wildman–Crippen MR) is 92.6 cm³/mol. The van der Waals surface area contributed by atoms with Gasteiger partial charge in [0, 0.05) is 32.3 Å². The van der Waals surface area contributed by atoms with Crippen LogP contribution in [-0.4, -0.2) is 52.0 Å². The number of sulfonamides is 1. The smallest absolute Gasteiger partial charge is 0.251 e. The third kappa shape index (κ3) is 4.55. The maximum absolute atomic E-state index is 13.0. The number of amides is 1. The molecule has 1 aromatic carbocycles. The van der Waals surface area contributed by atoms with E-state index < -0.39 is 10.0 Å². The van der Waals surface area contributed by atoms with Gasteiger partial charge < -0.3 is 10.1 Å². The van der Waals surface area contributed by atoms with Gasteiger partial charge in [0.25, 0.3) is 5.91 Å². The largest absolute Gasteiger partial charge is 0.383 e. The zero-order valence-electron chi connectivity index (χ0n) is 14.4. The summed E-state index contributed by atoms with van der Waals surface area (Å²) < 4.78 is 32.4. The number of aryl methyl sites for hydroxylation is 1. The van der Waals surface area contributed by atoms with Crippen LogP contribution in [-0.2, 0) is 14.8 Å². The number of nitrogens with zero attached hydrogens (tertiary/aromatic N) is 1. The summed E-state index contributed by atoms with van der Waals surface area (Å²) in [4.78, 5) is 12.4. The number of hydrogen-bond acceptors (Lipinski definition) is 4. The van der Waals surface area contributed by atoms with Crippen LogP contribution in [0.3, 0.4) is 0 Å². The topological polar surface area (TPSA) is 75.7 Å². The van der Waals surface area contributed by atoms with Gasteiger partial charge in [-0.1, -0.05) is 18.9 Å². The molecule has 1 aromatic rings. The summed E-state index contributed by atoms with van der Waals surface area (Å²) in [6.07, 6.45) is 3.89. The highest BCUT2D eigenvalue weighted by molar-refractivity contribution is 7.89. The lowest BCUT2D eigenvalue weighted by Crippen LogP contribution is -2.33. The van der Waals surface area contributed by atoms with Crippen LogP contribution < -0.4 is 5.32 Å². The summed E-state index contributed by atoms with van der Waals surface area (Å²) in [7, 11) is -2.01. The van der Waals surface area contributed by atoms with E-state index in [1.54, 1.807) is 30.5 Å². The molecule has 134 valence electrons. The van der Waals surface area contributed by atoms with Gasteiger partial charge in [0.05, 0.1) is 11.5 Å². The number of rotatable bonds is 6. The molecule has 24 heavy (non-hydrogen) atoms. The molecule has 0 saturated carbocycles. The molecule has 1 saturated heterocycles. The molecule has 0 aliphatic carbocycles. The third-order valence-corrected chi connectivity index (χ3v) is 6.27. The molecular weight excluding hydrogens is 328 g/mol. The first-order valence-corrected chi connectivity index (χ1v) is 9.79. The van der Waals surface area contributed by atoms with Crippen molar-refractivity contribution in [1.82, 2.24) is 9.62 Å². The number of hydrogen-bond donors (Lipinski definition) is 1. The van der Waals surface area contributed by atoms with Gasteiger partial charge in [-0.25, -0.2) is 8.42 Å². The molecule has 7 heteroatoms. The normalized spacial score (nSPS) is 16.6. The lowest BCUT2D eigenvalue weighted by atomic mass is 10.1. The van der Waals surface area contributed by atoms with Crippen molar-refractivity contribution >= 4 is 15.9 Å². The summed E-state index contributed by atoms with van der Waals surface area (Å²) in [5, 5.41) is 2.72. The standard InChI is InChI=1S/C17H26N2O4S/c1-14-7-8-15(17(20)18-9-12-23-2)13-16(14)24(21,22)19-10-5-3-4-6-11-19/h7-8,13H,3-6,9-12H2,1-2H3,(H,18,20). The van der Waals surface area contributed by atoms with E-state index in [1.807, 2.05) is 0 Å². The quantitative estimate of drug-likeness (QED) is 0.792. The van der Waals surface area contributed by atoms with Gasteiger partial charge >= 0.3 is 0 Å². The highest BCUT2D eigenvalue weighted by atomic mass is 32.2. The van der Waals surface area contributed by atoms with E-state index in [2.05, 4.69) is 5.32 Å². The number of nitrogens with one attached hydrogen (secondary N) is 1. The molecule has 6 nitrogen and oxygen atoms in total. The average Bonchev–Trinajstić information content (AvgIpc) is 2.85. The lowest BCUT2D eigenvalue weighted by molar-refractivity contribution is 0.0937. The van der Waals surface area contributed by atoms with Gasteiger partial charge in [-0.3, -0.25) is 4.79 Å². The van der Waals surface area contributed by atoms with Crippen LogP contribution in [0.5, 0.6) is 0 Å². The molecule has 1 N–H and O–H groups in total. The molecule has 0 radical (unpaired) electrons. The van der Waals surface area contributed by atoms with Crippen LogP contribution in [0.1, 0.15) is 41.6 Å². The van der Waals surface area contributed by atoms with E-state index in [0.29, 0.717) is 37.4 Å². The molecule has 0 unspecified atom stereocenters. The van der Waals surface area contributed by atoms with Gasteiger partial charge in [-0.05, 0) is 37.5 Å². The Hall–Kier alpha value is -1.44. The minimum atomic E-state index is -3.57. The van der Waals surface area contributed by atoms with E-state index in [0.717, 1.165) is 25.7 Å². The average molecular weight is 354 g/mol. The van der Waals surface area contributed by atoms with Crippen molar-refractivity contribution in [3.63, 3.8) is 0 Å². The Labute approximate surface area is 144 Å². The van der Waals surface area contributed by atoms with E-state index >= 15 is 0 Å². The van der Waals surface area contributed by atoms with Crippen LogP contribution >= 0.6 is 0 Å². The Morgan fingerprint density at radius 3 is 2.50 bits per heavy atom. The second-order valence-electron chi connectivity index (χ2n) is 6.05. The zero-order chi connectivity index (χ0) is 17.6. The summed E-state index contributed by atoms with van der Waals surface area (Å²) in [5.74, 6) is -0.292. The molecule has 1 amide bonds. The van der Waals surface area contributed by atoms with Crippen molar-refractivity contribution in [2.45, 2.75) is 37.5 Å². The first-order valence-electron chi connectivity index (χ1n) is 8.35. The molecule has 0 bridgehead atoms. The predicted octanol–water partition coefficient (Wildman–Crippen LogP) is 1.94. The van der Waals surface area contributed by atoms with Gasteiger partial charge in [-0.2, -0.15) is 4.31 Å². The minimum absolute atomic E-state index is 0.226.